The van der Waals surface area contributed by atoms with E-state index < -0.39 is 12.4 Å². The SMILES string of the molecule is O=C(CO)c1ccc(Br)c(O)c1. The van der Waals surface area contributed by atoms with Crippen molar-refractivity contribution in [3.8, 4) is 5.75 Å². The number of Topliss-reactive ketones (excluding diaryl/α,β-unsaturated/α-hetero) is 1. The van der Waals surface area contributed by atoms with Gasteiger partial charge in [-0.1, -0.05) is 0 Å². The van der Waals surface area contributed by atoms with Gasteiger partial charge in [0.2, 0.25) is 0 Å². The lowest BCUT2D eigenvalue weighted by Crippen LogP contribution is -2.03. The van der Waals surface area contributed by atoms with E-state index in [1.165, 1.54) is 12.1 Å². The van der Waals surface area contributed by atoms with Gasteiger partial charge < -0.3 is 10.2 Å². The quantitative estimate of drug-likeness (QED) is 0.755. The van der Waals surface area contributed by atoms with E-state index in [9.17, 15) is 4.79 Å². The molecule has 0 bridgehead atoms. The van der Waals surface area contributed by atoms with E-state index in [0.717, 1.165) is 0 Å². The summed E-state index contributed by atoms with van der Waals surface area (Å²) in [6.45, 7) is -0.541. The van der Waals surface area contributed by atoms with Crippen LogP contribution in [0.2, 0.25) is 0 Å². The van der Waals surface area contributed by atoms with Gasteiger partial charge in [0.05, 0.1) is 4.47 Å². The summed E-state index contributed by atoms with van der Waals surface area (Å²) >= 11 is 3.08. The number of rotatable bonds is 2. The molecule has 2 N–H and O–H groups in total. The molecule has 1 rings (SSSR count). The predicted molar refractivity (Wildman–Crippen MR) is 47.2 cm³/mol. The van der Waals surface area contributed by atoms with Crippen molar-refractivity contribution in [3.05, 3.63) is 28.2 Å². The first-order chi connectivity index (χ1) is 5.65. The van der Waals surface area contributed by atoms with Gasteiger partial charge in [-0.25, -0.2) is 0 Å². The lowest BCUT2D eigenvalue weighted by molar-refractivity contribution is 0.0903. The number of hydrogen-bond donors (Lipinski definition) is 2. The molecule has 0 saturated carbocycles. The van der Waals surface area contributed by atoms with Crippen molar-refractivity contribution < 1.29 is 15.0 Å². The molecule has 0 spiro atoms. The first kappa shape index (κ1) is 9.22. The first-order valence-corrected chi connectivity index (χ1v) is 4.07. The standard InChI is InChI=1S/C8H7BrO3/c9-6-2-1-5(3-7(6)11)8(12)4-10/h1-3,10-11H,4H2. The number of benzene rings is 1. The highest BCUT2D eigenvalue weighted by atomic mass is 79.9. The van der Waals surface area contributed by atoms with E-state index in [1.54, 1.807) is 6.07 Å². The largest absolute Gasteiger partial charge is 0.507 e. The molecule has 0 saturated heterocycles. The number of aliphatic hydroxyl groups excluding tert-OH is 1. The summed E-state index contributed by atoms with van der Waals surface area (Å²) in [6, 6.07) is 4.39. The third-order valence-corrected chi connectivity index (χ3v) is 2.08. The Morgan fingerprint density at radius 2 is 2.17 bits per heavy atom. The molecule has 0 amide bonds. The number of carbonyl (C=O) groups excluding carboxylic acids is 1. The van der Waals surface area contributed by atoms with Crippen LogP contribution in [0.3, 0.4) is 0 Å². The molecule has 0 radical (unpaired) electrons. The Labute approximate surface area is 77.8 Å². The Balaban J connectivity index is 3.05. The number of hydrogen-bond acceptors (Lipinski definition) is 3. The summed E-state index contributed by atoms with van der Waals surface area (Å²) in [7, 11) is 0. The Bertz CT molecular complexity index is 309. The molecule has 1 aromatic rings. The summed E-state index contributed by atoms with van der Waals surface area (Å²) in [5, 5.41) is 17.7. The van der Waals surface area contributed by atoms with Crippen LogP contribution < -0.4 is 0 Å². The number of aromatic hydroxyl groups is 1. The molecule has 1 aromatic carbocycles. The molecule has 0 aliphatic carbocycles. The van der Waals surface area contributed by atoms with Gasteiger partial charge in [0.1, 0.15) is 12.4 Å². The normalized spacial score (nSPS) is 9.83. The highest BCUT2D eigenvalue weighted by molar-refractivity contribution is 9.10. The molecule has 12 heavy (non-hydrogen) atoms. The molecular weight excluding hydrogens is 224 g/mol. The van der Waals surface area contributed by atoms with E-state index in [2.05, 4.69) is 15.9 Å². The monoisotopic (exact) mass is 230 g/mol. The predicted octanol–water partition coefficient (Wildman–Crippen LogP) is 1.33. The molecule has 64 valence electrons. The van der Waals surface area contributed by atoms with Crippen LogP contribution in [0.1, 0.15) is 10.4 Å². The minimum Gasteiger partial charge on any atom is -0.507 e. The zero-order valence-electron chi connectivity index (χ0n) is 6.12. The molecule has 0 aromatic heterocycles. The first-order valence-electron chi connectivity index (χ1n) is 3.27. The maximum absolute atomic E-state index is 10.9. The summed E-state index contributed by atoms with van der Waals surface area (Å²) < 4.78 is 0.525. The van der Waals surface area contributed by atoms with E-state index in [-0.39, 0.29) is 5.75 Å². The minimum atomic E-state index is -0.541. The molecular formula is C8H7BrO3. The van der Waals surface area contributed by atoms with Crippen molar-refractivity contribution in [2.75, 3.05) is 6.61 Å². The van der Waals surface area contributed by atoms with Crippen LogP contribution in [0.5, 0.6) is 5.75 Å². The highest BCUT2D eigenvalue weighted by Gasteiger charge is 2.05. The van der Waals surface area contributed by atoms with Crippen molar-refractivity contribution in [1.82, 2.24) is 0 Å². The minimum absolute atomic E-state index is 0.00528. The van der Waals surface area contributed by atoms with Crippen LogP contribution in [0.4, 0.5) is 0 Å². The average Bonchev–Trinajstić information content (AvgIpc) is 2.08. The van der Waals surface area contributed by atoms with Crippen LogP contribution in [0.15, 0.2) is 22.7 Å². The van der Waals surface area contributed by atoms with Crippen molar-refractivity contribution in [2.45, 2.75) is 0 Å². The van der Waals surface area contributed by atoms with Crippen LogP contribution in [-0.2, 0) is 0 Å². The number of phenolic OH excluding ortho intramolecular Hbond substituents is 1. The van der Waals surface area contributed by atoms with Gasteiger partial charge in [0.15, 0.2) is 5.78 Å². The average molecular weight is 231 g/mol. The third kappa shape index (κ3) is 1.84. The topological polar surface area (TPSA) is 57.5 Å². The molecule has 0 heterocycles. The zero-order valence-corrected chi connectivity index (χ0v) is 7.71. The third-order valence-electron chi connectivity index (χ3n) is 1.41. The fourth-order valence-electron chi connectivity index (χ4n) is 0.777. The molecule has 0 atom stereocenters. The second-order valence-corrected chi connectivity index (χ2v) is 3.10. The van der Waals surface area contributed by atoms with Gasteiger partial charge in [0.25, 0.3) is 0 Å². The van der Waals surface area contributed by atoms with E-state index in [0.29, 0.717) is 10.0 Å². The molecule has 0 aliphatic rings. The molecule has 4 heteroatoms. The zero-order chi connectivity index (χ0) is 9.14. The van der Waals surface area contributed by atoms with Crippen LogP contribution in [0, 0.1) is 0 Å². The lowest BCUT2D eigenvalue weighted by atomic mass is 10.1. The van der Waals surface area contributed by atoms with Gasteiger partial charge in [-0.05, 0) is 34.1 Å². The number of aliphatic hydroxyl groups is 1. The maximum atomic E-state index is 10.9. The molecule has 0 aliphatic heterocycles. The molecule has 0 unspecified atom stereocenters. The summed E-state index contributed by atoms with van der Waals surface area (Å²) in [5.41, 5.74) is 0.304. The molecule has 0 fully saturated rings. The smallest absolute Gasteiger partial charge is 0.188 e. The Hall–Kier alpha value is -0.870. The van der Waals surface area contributed by atoms with Crippen LogP contribution in [-0.4, -0.2) is 22.6 Å². The van der Waals surface area contributed by atoms with Gasteiger partial charge in [0, 0.05) is 5.56 Å². The van der Waals surface area contributed by atoms with Gasteiger partial charge in [-0.2, -0.15) is 0 Å². The lowest BCUT2D eigenvalue weighted by Gasteiger charge is -1.99. The van der Waals surface area contributed by atoms with Crippen LogP contribution >= 0.6 is 15.9 Å². The number of halogens is 1. The number of carbonyl (C=O) groups is 1. The second kappa shape index (κ2) is 3.69. The molecule has 3 nitrogen and oxygen atoms in total. The number of phenols is 1. The summed E-state index contributed by atoms with van der Waals surface area (Å²) in [4.78, 5) is 10.9. The Kier molecular flexibility index (Phi) is 2.83. The van der Waals surface area contributed by atoms with E-state index in [1.807, 2.05) is 0 Å². The fourth-order valence-corrected chi connectivity index (χ4v) is 1.02. The Morgan fingerprint density at radius 1 is 1.50 bits per heavy atom. The van der Waals surface area contributed by atoms with Crippen molar-refractivity contribution in [2.24, 2.45) is 0 Å². The van der Waals surface area contributed by atoms with Crippen molar-refractivity contribution >= 4 is 21.7 Å². The van der Waals surface area contributed by atoms with Crippen molar-refractivity contribution in [3.63, 3.8) is 0 Å². The van der Waals surface area contributed by atoms with Crippen molar-refractivity contribution in [1.29, 1.82) is 0 Å². The maximum Gasteiger partial charge on any atom is 0.188 e. The fraction of sp³-hybridized carbons (Fsp3) is 0.125. The highest BCUT2D eigenvalue weighted by Crippen LogP contribution is 2.24. The summed E-state index contributed by atoms with van der Waals surface area (Å²) in [6.07, 6.45) is 0. The van der Waals surface area contributed by atoms with Gasteiger partial charge in [-0.15, -0.1) is 0 Å². The Morgan fingerprint density at radius 3 is 2.67 bits per heavy atom. The van der Waals surface area contributed by atoms with Gasteiger partial charge >= 0.3 is 0 Å². The van der Waals surface area contributed by atoms with E-state index >= 15 is 0 Å². The number of ketones is 1. The second-order valence-electron chi connectivity index (χ2n) is 2.25. The van der Waals surface area contributed by atoms with Gasteiger partial charge in [-0.3, -0.25) is 4.79 Å². The summed E-state index contributed by atoms with van der Waals surface area (Å²) in [5.74, 6) is -0.410. The van der Waals surface area contributed by atoms with Crippen LogP contribution in [0.25, 0.3) is 0 Å². The van der Waals surface area contributed by atoms with E-state index in [4.69, 9.17) is 10.2 Å².